The van der Waals surface area contributed by atoms with Crippen LogP contribution in [-0.4, -0.2) is 34.0 Å². The van der Waals surface area contributed by atoms with Gasteiger partial charge in [-0.05, 0) is 32.2 Å². The molecule has 3 rings (SSSR count). The predicted octanol–water partition coefficient (Wildman–Crippen LogP) is 1.66. The molecule has 0 bridgehead atoms. The van der Waals surface area contributed by atoms with E-state index in [1.54, 1.807) is 12.4 Å². The average molecular weight is 274 g/mol. The SMILES string of the molecule is O=C(NC1CCNC2(CCCCC2)C1)c1cncnc1. The summed E-state index contributed by atoms with van der Waals surface area (Å²) in [6.45, 7) is 0.996. The van der Waals surface area contributed by atoms with Crippen LogP contribution in [-0.2, 0) is 0 Å². The number of carbonyl (C=O) groups is 1. The molecule has 1 saturated heterocycles. The van der Waals surface area contributed by atoms with Crippen LogP contribution in [0.25, 0.3) is 0 Å². The van der Waals surface area contributed by atoms with E-state index in [4.69, 9.17) is 0 Å². The second-order valence-electron chi connectivity index (χ2n) is 6.06. The third kappa shape index (κ3) is 2.98. The van der Waals surface area contributed by atoms with Crippen LogP contribution < -0.4 is 10.6 Å². The van der Waals surface area contributed by atoms with Gasteiger partial charge >= 0.3 is 0 Å². The van der Waals surface area contributed by atoms with E-state index < -0.39 is 0 Å². The molecule has 1 unspecified atom stereocenters. The van der Waals surface area contributed by atoms with Gasteiger partial charge < -0.3 is 10.6 Å². The number of hydrogen-bond donors (Lipinski definition) is 2. The lowest BCUT2D eigenvalue weighted by Crippen LogP contribution is -2.57. The maximum Gasteiger partial charge on any atom is 0.254 e. The van der Waals surface area contributed by atoms with Crippen molar-refractivity contribution in [2.45, 2.75) is 56.5 Å². The molecule has 2 fully saturated rings. The summed E-state index contributed by atoms with van der Waals surface area (Å²) in [7, 11) is 0. The molecule has 1 atom stereocenters. The monoisotopic (exact) mass is 274 g/mol. The highest BCUT2D eigenvalue weighted by Gasteiger charge is 2.37. The summed E-state index contributed by atoms with van der Waals surface area (Å²) in [5.74, 6) is -0.0524. The lowest BCUT2D eigenvalue weighted by molar-refractivity contribution is 0.0892. The van der Waals surface area contributed by atoms with Crippen LogP contribution in [0.1, 0.15) is 55.3 Å². The molecule has 2 aliphatic rings. The molecule has 1 aliphatic heterocycles. The topological polar surface area (TPSA) is 66.9 Å². The summed E-state index contributed by atoms with van der Waals surface area (Å²) < 4.78 is 0. The van der Waals surface area contributed by atoms with E-state index in [9.17, 15) is 4.79 Å². The first-order chi connectivity index (χ1) is 9.77. The van der Waals surface area contributed by atoms with E-state index in [2.05, 4.69) is 20.6 Å². The van der Waals surface area contributed by atoms with Crippen LogP contribution in [0.5, 0.6) is 0 Å². The summed E-state index contributed by atoms with van der Waals surface area (Å²) in [5.41, 5.74) is 0.811. The van der Waals surface area contributed by atoms with Gasteiger partial charge in [-0.25, -0.2) is 9.97 Å². The van der Waals surface area contributed by atoms with Crippen molar-refractivity contribution in [3.8, 4) is 0 Å². The number of rotatable bonds is 2. The molecule has 1 amide bonds. The van der Waals surface area contributed by atoms with Crippen molar-refractivity contribution < 1.29 is 4.79 Å². The van der Waals surface area contributed by atoms with Gasteiger partial charge in [-0.1, -0.05) is 19.3 Å². The zero-order valence-corrected chi connectivity index (χ0v) is 11.8. The molecule has 1 aliphatic carbocycles. The molecule has 0 aromatic carbocycles. The van der Waals surface area contributed by atoms with Gasteiger partial charge in [0.15, 0.2) is 0 Å². The number of carbonyl (C=O) groups excluding carboxylic acids is 1. The second-order valence-corrected chi connectivity index (χ2v) is 6.06. The molecule has 20 heavy (non-hydrogen) atoms. The highest BCUT2D eigenvalue weighted by Crippen LogP contribution is 2.34. The summed E-state index contributed by atoms with van der Waals surface area (Å²) in [6.07, 6.45) is 13.1. The van der Waals surface area contributed by atoms with Gasteiger partial charge in [-0.2, -0.15) is 0 Å². The van der Waals surface area contributed by atoms with Gasteiger partial charge in [0, 0.05) is 24.0 Å². The quantitative estimate of drug-likeness (QED) is 0.860. The van der Waals surface area contributed by atoms with Crippen LogP contribution in [0, 0.1) is 0 Å². The lowest BCUT2D eigenvalue weighted by Gasteiger charge is -2.44. The van der Waals surface area contributed by atoms with Gasteiger partial charge in [-0.15, -0.1) is 0 Å². The Balaban J connectivity index is 1.61. The maximum absolute atomic E-state index is 12.2. The molecule has 1 aromatic heterocycles. The fourth-order valence-corrected chi connectivity index (χ4v) is 3.58. The van der Waals surface area contributed by atoms with Gasteiger partial charge in [0.1, 0.15) is 6.33 Å². The Morgan fingerprint density at radius 2 is 2.00 bits per heavy atom. The fraction of sp³-hybridized carbons (Fsp3) is 0.667. The van der Waals surface area contributed by atoms with Crippen molar-refractivity contribution in [3.63, 3.8) is 0 Å². The smallest absolute Gasteiger partial charge is 0.254 e. The average Bonchev–Trinajstić information content (AvgIpc) is 2.49. The van der Waals surface area contributed by atoms with Gasteiger partial charge in [0.05, 0.1) is 5.56 Å². The van der Waals surface area contributed by atoms with Gasteiger partial charge in [-0.3, -0.25) is 4.79 Å². The molecule has 0 radical (unpaired) electrons. The standard InChI is InChI=1S/C15H22N4O/c20-14(12-9-16-11-17-10-12)19-13-4-7-18-15(8-13)5-2-1-3-6-15/h9-11,13,18H,1-8H2,(H,19,20). The minimum atomic E-state index is -0.0524. The minimum absolute atomic E-state index is 0.0524. The first-order valence-corrected chi connectivity index (χ1v) is 7.58. The van der Waals surface area contributed by atoms with Crippen LogP contribution in [0.15, 0.2) is 18.7 Å². The Bertz CT molecular complexity index is 451. The Morgan fingerprint density at radius 3 is 2.75 bits per heavy atom. The van der Waals surface area contributed by atoms with E-state index in [1.165, 1.54) is 38.4 Å². The molecule has 108 valence electrons. The summed E-state index contributed by atoms with van der Waals surface area (Å²) in [6, 6.07) is 0.266. The normalized spacial score (nSPS) is 25.3. The minimum Gasteiger partial charge on any atom is -0.349 e. The summed E-state index contributed by atoms with van der Waals surface area (Å²) in [4.78, 5) is 20.0. The fourth-order valence-electron chi connectivity index (χ4n) is 3.58. The number of piperidine rings is 1. The number of hydrogen-bond acceptors (Lipinski definition) is 4. The Hall–Kier alpha value is -1.49. The molecule has 5 heteroatoms. The van der Waals surface area contributed by atoms with Crippen molar-refractivity contribution in [1.29, 1.82) is 0 Å². The molecule has 2 N–H and O–H groups in total. The van der Waals surface area contributed by atoms with E-state index in [0.717, 1.165) is 19.4 Å². The van der Waals surface area contributed by atoms with E-state index in [-0.39, 0.29) is 17.5 Å². The van der Waals surface area contributed by atoms with Crippen LogP contribution in [0.2, 0.25) is 0 Å². The first kappa shape index (κ1) is 13.5. The molecular formula is C15H22N4O. The summed E-state index contributed by atoms with van der Waals surface area (Å²) >= 11 is 0. The van der Waals surface area contributed by atoms with Gasteiger partial charge in [0.25, 0.3) is 5.91 Å². The van der Waals surface area contributed by atoms with Gasteiger partial charge in [0.2, 0.25) is 0 Å². The van der Waals surface area contributed by atoms with E-state index >= 15 is 0 Å². The van der Waals surface area contributed by atoms with Crippen LogP contribution in [0.3, 0.4) is 0 Å². The number of nitrogens with one attached hydrogen (secondary N) is 2. The molecule has 2 heterocycles. The highest BCUT2D eigenvalue weighted by atomic mass is 16.1. The molecule has 5 nitrogen and oxygen atoms in total. The van der Waals surface area contributed by atoms with Crippen LogP contribution >= 0.6 is 0 Å². The number of amides is 1. The lowest BCUT2D eigenvalue weighted by atomic mass is 9.75. The first-order valence-electron chi connectivity index (χ1n) is 7.58. The Labute approximate surface area is 119 Å². The van der Waals surface area contributed by atoms with E-state index in [0.29, 0.717) is 5.56 Å². The summed E-state index contributed by atoms with van der Waals surface area (Å²) in [5, 5.41) is 6.85. The van der Waals surface area contributed by atoms with Crippen molar-refractivity contribution >= 4 is 5.91 Å². The number of nitrogens with zero attached hydrogens (tertiary/aromatic N) is 2. The maximum atomic E-state index is 12.2. The largest absolute Gasteiger partial charge is 0.349 e. The van der Waals surface area contributed by atoms with Crippen molar-refractivity contribution in [3.05, 3.63) is 24.3 Å². The van der Waals surface area contributed by atoms with Crippen molar-refractivity contribution in [2.24, 2.45) is 0 Å². The zero-order valence-electron chi connectivity index (χ0n) is 11.8. The predicted molar refractivity (Wildman–Crippen MR) is 76.3 cm³/mol. The second kappa shape index (κ2) is 5.87. The third-order valence-corrected chi connectivity index (χ3v) is 4.60. The Kier molecular flexibility index (Phi) is 3.96. The van der Waals surface area contributed by atoms with E-state index in [1.807, 2.05) is 0 Å². The third-order valence-electron chi connectivity index (χ3n) is 4.60. The van der Waals surface area contributed by atoms with Crippen molar-refractivity contribution in [2.75, 3.05) is 6.54 Å². The zero-order chi connectivity index (χ0) is 13.8. The van der Waals surface area contributed by atoms with Crippen LogP contribution in [0.4, 0.5) is 0 Å². The molecule has 1 aromatic rings. The Morgan fingerprint density at radius 1 is 1.25 bits per heavy atom. The molecule has 1 saturated carbocycles. The molecular weight excluding hydrogens is 252 g/mol. The molecule has 1 spiro atoms. The highest BCUT2D eigenvalue weighted by molar-refractivity contribution is 5.93. The van der Waals surface area contributed by atoms with Crippen molar-refractivity contribution in [1.82, 2.24) is 20.6 Å². The number of aromatic nitrogens is 2.